The summed E-state index contributed by atoms with van der Waals surface area (Å²) < 4.78 is 0. The first-order valence-corrected chi connectivity index (χ1v) is 13.5. The molecule has 2 bridgehead atoms. The fourth-order valence-corrected chi connectivity index (χ4v) is 7.03. The van der Waals surface area contributed by atoms with Crippen molar-refractivity contribution in [1.29, 1.82) is 0 Å². The molecule has 4 aliphatic rings. The number of anilines is 1. The molecule has 6 heteroatoms. The number of piperidine rings is 1. The maximum absolute atomic E-state index is 12.3. The SMILES string of the molecule is CC(C)C(=O)C1CCC(CN2CCC(c3cnc(N4C5CCC4CN(C)C5)nc3)CC2)CC1. The smallest absolute Gasteiger partial charge is 0.225 e. The van der Waals surface area contributed by atoms with Gasteiger partial charge in [-0.15, -0.1) is 0 Å². The van der Waals surface area contributed by atoms with Gasteiger partial charge in [-0.25, -0.2) is 9.97 Å². The fraction of sp³-hybridized carbons (Fsp3) is 0.815. The van der Waals surface area contributed by atoms with E-state index in [0.717, 1.165) is 37.8 Å². The van der Waals surface area contributed by atoms with Gasteiger partial charge in [0.25, 0.3) is 0 Å². The normalized spacial score (nSPS) is 31.9. The van der Waals surface area contributed by atoms with Crippen LogP contribution in [-0.4, -0.2) is 77.4 Å². The molecule has 6 nitrogen and oxygen atoms in total. The van der Waals surface area contributed by atoms with Crippen molar-refractivity contribution >= 4 is 11.7 Å². The second-order valence-electron chi connectivity index (χ2n) is 11.7. The van der Waals surface area contributed by atoms with Crippen LogP contribution in [0.3, 0.4) is 0 Å². The van der Waals surface area contributed by atoms with Gasteiger partial charge in [0.2, 0.25) is 5.95 Å². The molecule has 1 saturated carbocycles. The Labute approximate surface area is 200 Å². The van der Waals surface area contributed by atoms with E-state index in [1.807, 2.05) is 13.8 Å². The van der Waals surface area contributed by atoms with Gasteiger partial charge in [0.05, 0.1) is 0 Å². The van der Waals surface area contributed by atoms with Crippen LogP contribution in [0.4, 0.5) is 5.95 Å². The van der Waals surface area contributed by atoms with Crippen LogP contribution in [0, 0.1) is 17.8 Å². The number of rotatable bonds is 6. The lowest BCUT2D eigenvalue weighted by Gasteiger charge is -2.39. The summed E-state index contributed by atoms with van der Waals surface area (Å²) in [6.07, 6.45) is 13.9. The molecular weight excluding hydrogens is 410 g/mol. The molecule has 4 fully saturated rings. The number of nitrogens with zero attached hydrogens (tertiary/aromatic N) is 5. The number of piperazine rings is 1. The Bertz CT molecular complexity index is 781. The topological polar surface area (TPSA) is 52.6 Å². The van der Waals surface area contributed by atoms with Gasteiger partial charge in [0.15, 0.2) is 0 Å². The highest BCUT2D eigenvalue weighted by Gasteiger charge is 2.40. The maximum Gasteiger partial charge on any atom is 0.225 e. The summed E-state index contributed by atoms with van der Waals surface area (Å²) in [5.74, 6) is 3.33. The standard InChI is InChI=1S/C27H43N5O/c1-19(2)26(33)22-6-4-20(5-7-22)16-31-12-10-21(11-13-31)23-14-28-27(29-15-23)32-24-8-9-25(32)18-30(3)17-24/h14-15,19-22,24-25H,4-13,16-18H2,1-3H3. The van der Waals surface area contributed by atoms with Gasteiger partial charge in [0.1, 0.15) is 5.78 Å². The molecule has 1 aliphatic carbocycles. The summed E-state index contributed by atoms with van der Waals surface area (Å²) in [7, 11) is 2.23. The van der Waals surface area contributed by atoms with Crippen molar-refractivity contribution in [3.63, 3.8) is 0 Å². The maximum atomic E-state index is 12.3. The summed E-state index contributed by atoms with van der Waals surface area (Å²) in [6, 6.07) is 1.17. The summed E-state index contributed by atoms with van der Waals surface area (Å²) in [5.41, 5.74) is 1.33. The third-order valence-electron chi connectivity index (χ3n) is 8.95. The second kappa shape index (κ2) is 9.99. The van der Waals surface area contributed by atoms with E-state index in [1.54, 1.807) is 0 Å². The molecule has 5 rings (SSSR count). The molecule has 3 saturated heterocycles. The second-order valence-corrected chi connectivity index (χ2v) is 11.7. The summed E-state index contributed by atoms with van der Waals surface area (Å²) in [5, 5.41) is 0. The van der Waals surface area contributed by atoms with Gasteiger partial charge < -0.3 is 14.7 Å². The number of hydrogen-bond acceptors (Lipinski definition) is 6. The zero-order valence-corrected chi connectivity index (χ0v) is 21.0. The lowest BCUT2D eigenvalue weighted by Crippen LogP contribution is -2.53. The molecular formula is C27H43N5O. The average Bonchev–Trinajstić information content (AvgIpc) is 3.10. The molecule has 33 heavy (non-hydrogen) atoms. The number of ketones is 1. The van der Waals surface area contributed by atoms with Crippen LogP contribution >= 0.6 is 0 Å². The first-order chi connectivity index (χ1) is 16.0. The predicted octanol–water partition coefficient (Wildman–Crippen LogP) is 3.97. The van der Waals surface area contributed by atoms with Gasteiger partial charge in [-0.1, -0.05) is 13.8 Å². The van der Waals surface area contributed by atoms with Crippen LogP contribution in [0.15, 0.2) is 12.4 Å². The molecule has 2 atom stereocenters. The Hall–Kier alpha value is -1.53. The molecule has 3 aliphatic heterocycles. The number of hydrogen-bond donors (Lipinski definition) is 0. The number of likely N-dealkylation sites (tertiary alicyclic amines) is 2. The third kappa shape index (κ3) is 5.12. The molecule has 182 valence electrons. The molecule has 0 N–H and O–H groups in total. The van der Waals surface area contributed by atoms with Crippen molar-refractivity contribution in [2.24, 2.45) is 17.8 Å². The highest BCUT2D eigenvalue weighted by atomic mass is 16.1. The number of fused-ring (bicyclic) bond motifs is 2. The van der Waals surface area contributed by atoms with Gasteiger partial charge in [-0.05, 0) is 88.9 Å². The highest BCUT2D eigenvalue weighted by Crippen LogP contribution is 2.35. The molecule has 1 aromatic rings. The van der Waals surface area contributed by atoms with Crippen molar-refractivity contribution in [3.8, 4) is 0 Å². The average molecular weight is 454 g/mol. The van der Waals surface area contributed by atoms with Gasteiger partial charge >= 0.3 is 0 Å². The summed E-state index contributed by atoms with van der Waals surface area (Å²) in [4.78, 5) is 29.6. The van der Waals surface area contributed by atoms with Crippen molar-refractivity contribution in [2.45, 2.75) is 83.2 Å². The Balaban J connectivity index is 1.08. The third-order valence-corrected chi connectivity index (χ3v) is 8.95. The fourth-order valence-electron chi connectivity index (χ4n) is 7.03. The Morgan fingerprint density at radius 1 is 0.939 bits per heavy atom. The van der Waals surface area contributed by atoms with E-state index < -0.39 is 0 Å². The lowest BCUT2D eigenvalue weighted by atomic mass is 9.77. The minimum Gasteiger partial charge on any atom is -0.332 e. The molecule has 4 heterocycles. The molecule has 0 aromatic carbocycles. The van der Waals surface area contributed by atoms with E-state index in [9.17, 15) is 4.79 Å². The Morgan fingerprint density at radius 2 is 1.55 bits per heavy atom. The molecule has 2 unspecified atom stereocenters. The number of carbonyl (C=O) groups excluding carboxylic acids is 1. The van der Waals surface area contributed by atoms with Crippen molar-refractivity contribution in [1.82, 2.24) is 19.8 Å². The van der Waals surface area contributed by atoms with Crippen LogP contribution < -0.4 is 4.90 Å². The summed E-state index contributed by atoms with van der Waals surface area (Å²) >= 11 is 0. The van der Waals surface area contributed by atoms with Gasteiger partial charge in [0, 0.05) is 55.9 Å². The zero-order chi connectivity index (χ0) is 22.9. The van der Waals surface area contributed by atoms with Crippen LogP contribution in [0.1, 0.15) is 76.7 Å². The molecule has 0 amide bonds. The van der Waals surface area contributed by atoms with E-state index in [0.29, 0.717) is 29.7 Å². The quantitative estimate of drug-likeness (QED) is 0.650. The van der Waals surface area contributed by atoms with Crippen LogP contribution in [0.2, 0.25) is 0 Å². The van der Waals surface area contributed by atoms with E-state index >= 15 is 0 Å². The van der Waals surface area contributed by atoms with Crippen LogP contribution in [-0.2, 0) is 4.79 Å². The Kier molecular flexibility index (Phi) is 7.03. The largest absolute Gasteiger partial charge is 0.332 e. The van der Waals surface area contributed by atoms with Crippen LogP contribution in [0.25, 0.3) is 0 Å². The van der Waals surface area contributed by atoms with Gasteiger partial charge in [-0.2, -0.15) is 0 Å². The van der Waals surface area contributed by atoms with Crippen molar-refractivity contribution in [3.05, 3.63) is 18.0 Å². The van der Waals surface area contributed by atoms with Crippen molar-refractivity contribution < 1.29 is 4.79 Å². The number of carbonyl (C=O) groups is 1. The zero-order valence-electron chi connectivity index (χ0n) is 21.0. The molecule has 0 spiro atoms. The summed E-state index contributed by atoms with van der Waals surface area (Å²) in [6.45, 7) is 9.95. The molecule has 0 radical (unpaired) electrons. The first-order valence-electron chi connectivity index (χ1n) is 13.5. The minimum absolute atomic E-state index is 0.195. The monoisotopic (exact) mass is 453 g/mol. The molecule has 1 aromatic heterocycles. The number of aromatic nitrogens is 2. The van der Waals surface area contributed by atoms with E-state index in [1.165, 1.54) is 63.7 Å². The minimum atomic E-state index is 0.195. The number of likely N-dealkylation sites (N-methyl/N-ethyl adjacent to an activating group) is 1. The van der Waals surface area contributed by atoms with Gasteiger partial charge in [-0.3, -0.25) is 4.79 Å². The van der Waals surface area contributed by atoms with Crippen LogP contribution in [0.5, 0.6) is 0 Å². The Morgan fingerprint density at radius 3 is 2.12 bits per heavy atom. The predicted molar refractivity (Wildman–Crippen MR) is 133 cm³/mol. The van der Waals surface area contributed by atoms with E-state index in [2.05, 4.69) is 34.1 Å². The first kappa shape index (κ1) is 23.2. The highest BCUT2D eigenvalue weighted by molar-refractivity contribution is 5.82. The lowest BCUT2D eigenvalue weighted by molar-refractivity contribution is -0.127. The van der Waals surface area contributed by atoms with Crippen molar-refractivity contribution in [2.75, 3.05) is 44.7 Å². The van der Waals surface area contributed by atoms with E-state index in [-0.39, 0.29) is 5.92 Å². The van der Waals surface area contributed by atoms with E-state index in [4.69, 9.17) is 9.97 Å². The number of Topliss-reactive ketones (excluding diaryl/α,β-unsaturated/α-hetero) is 1.